The van der Waals surface area contributed by atoms with E-state index in [0.29, 0.717) is 0 Å². The Morgan fingerprint density at radius 2 is 1.71 bits per heavy atom. The minimum Gasteiger partial charge on any atom is -0.258 e. The predicted molar refractivity (Wildman–Crippen MR) is 74.1 cm³/mol. The van der Waals surface area contributed by atoms with Crippen molar-refractivity contribution in [1.82, 2.24) is 0 Å². The van der Waals surface area contributed by atoms with E-state index < -0.39 is 0 Å². The third-order valence-electron chi connectivity index (χ3n) is 3.04. The lowest BCUT2D eigenvalue weighted by molar-refractivity contribution is -0.384. The lowest BCUT2D eigenvalue weighted by Gasteiger charge is -2.00. The van der Waals surface area contributed by atoms with Crippen molar-refractivity contribution >= 4 is 28.3 Å². The molecular weight excluding hydrogens is 329 g/mol. The van der Waals surface area contributed by atoms with Crippen molar-refractivity contribution in [3.05, 3.63) is 61.2 Å². The van der Waals surface area contributed by atoms with E-state index in [1.165, 1.54) is 14.7 Å². The Kier molecular flexibility index (Phi) is 2.39. The first-order valence-corrected chi connectivity index (χ1v) is 6.29. The number of nitrogens with zero attached hydrogens (tertiary/aromatic N) is 1. The lowest BCUT2D eigenvalue weighted by Crippen LogP contribution is -1.89. The average Bonchev–Trinajstić information content (AvgIpc) is 2.64. The first-order chi connectivity index (χ1) is 8.15. The van der Waals surface area contributed by atoms with Crippen molar-refractivity contribution in [2.45, 2.75) is 6.42 Å². The summed E-state index contributed by atoms with van der Waals surface area (Å²) in [5, 5.41) is 10.7. The Morgan fingerprint density at radius 1 is 1.06 bits per heavy atom. The number of non-ortho nitro benzene ring substituents is 1. The molecule has 2 aromatic rings. The third kappa shape index (κ3) is 1.72. The fourth-order valence-corrected chi connectivity index (χ4v) is 2.83. The van der Waals surface area contributed by atoms with Gasteiger partial charge in [0.15, 0.2) is 0 Å². The summed E-state index contributed by atoms with van der Waals surface area (Å²) in [6.45, 7) is 0. The summed E-state index contributed by atoms with van der Waals surface area (Å²) < 4.78 is 1.20. The van der Waals surface area contributed by atoms with E-state index in [1.54, 1.807) is 12.1 Å². The van der Waals surface area contributed by atoms with Crippen LogP contribution in [0.5, 0.6) is 0 Å². The van der Waals surface area contributed by atoms with Gasteiger partial charge in [-0.15, -0.1) is 0 Å². The van der Waals surface area contributed by atoms with Crippen LogP contribution in [0.25, 0.3) is 11.1 Å². The molecule has 1 aliphatic carbocycles. The summed E-state index contributed by atoms with van der Waals surface area (Å²) in [7, 11) is 0. The highest BCUT2D eigenvalue weighted by molar-refractivity contribution is 14.1. The summed E-state index contributed by atoms with van der Waals surface area (Å²) in [4.78, 5) is 10.4. The van der Waals surface area contributed by atoms with Gasteiger partial charge >= 0.3 is 0 Å². The van der Waals surface area contributed by atoms with Crippen molar-refractivity contribution in [2.24, 2.45) is 0 Å². The minimum atomic E-state index is -0.340. The van der Waals surface area contributed by atoms with Crippen LogP contribution in [0.2, 0.25) is 0 Å². The molecule has 4 heteroatoms. The second kappa shape index (κ2) is 3.80. The topological polar surface area (TPSA) is 43.1 Å². The van der Waals surface area contributed by atoms with Gasteiger partial charge in [0.1, 0.15) is 0 Å². The molecule has 0 atom stereocenters. The molecule has 0 radical (unpaired) electrons. The highest BCUT2D eigenvalue weighted by atomic mass is 127. The van der Waals surface area contributed by atoms with E-state index in [2.05, 4.69) is 40.8 Å². The van der Waals surface area contributed by atoms with E-state index in [4.69, 9.17) is 0 Å². The molecule has 1 aliphatic rings. The van der Waals surface area contributed by atoms with Gasteiger partial charge in [-0.05, 0) is 69.5 Å². The first-order valence-electron chi connectivity index (χ1n) is 5.21. The Labute approximate surface area is 112 Å². The maximum absolute atomic E-state index is 10.7. The first kappa shape index (κ1) is 10.7. The number of halogens is 1. The van der Waals surface area contributed by atoms with E-state index in [1.807, 2.05) is 6.07 Å². The van der Waals surface area contributed by atoms with Gasteiger partial charge in [-0.1, -0.05) is 6.07 Å². The molecule has 0 unspecified atom stereocenters. The molecule has 0 aromatic heterocycles. The third-order valence-corrected chi connectivity index (χ3v) is 3.71. The molecule has 3 nitrogen and oxygen atoms in total. The zero-order chi connectivity index (χ0) is 12.0. The van der Waals surface area contributed by atoms with Gasteiger partial charge in [0.25, 0.3) is 5.69 Å². The predicted octanol–water partition coefficient (Wildman–Crippen LogP) is 3.77. The summed E-state index contributed by atoms with van der Waals surface area (Å²) in [5.41, 5.74) is 4.81. The molecule has 3 rings (SSSR count). The minimum absolute atomic E-state index is 0.172. The SMILES string of the molecule is O=[N+]([O-])c1ccc2c(c1)Cc1cc(I)ccc1-2. The molecule has 0 N–H and O–H groups in total. The number of nitro benzene ring substituents is 1. The Bertz CT molecular complexity index is 637. The van der Waals surface area contributed by atoms with Crippen LogP contribution < -0.4 is 0 Å². The standard InChI is InChI=1S/C13H8INO2/c14-10-1-3-12-8(6-10)5-9-7-11(15(16)17)2-4-13(9)12/h1-4,6-7H,5H2. The van der Waals surface area contributed by atoms with Crippen LogP contribution in [0.15, 0.2) is 36.4 Å². The second-order valence-corrected chi connectivity index (χ2v) is 5.32. The molecule has 0 bridgehead atoms. The van der Waals surface area contributed by atoms with E-state index >= 15 is 0 Å². The average molecular weight is 337 g/mol. The van der Waals surface area contributed by atoms with Crippen LogP contribution in [0.4, 0.5) is 5.69 Å². The zero-order valence-corrected chi connectivity index (χ0v) is 11.0. The van der Waals surface area contributed by atoms with Crippen molar-refractivity contribution in [3.8, 4) is 11.1 Å². The molecule has 0 fully saturated rings. The monoisotopic (exact) mass is 337 g/mol. The highest BCUT2D eigenvalue weighted by Gasteiger charge is 2.20. The maximum Gasteiger partial charge on any atom is 0.269 e. The van der Waals surface area contributed by atoms with Crippen molar-refractivity contribution in [1.29, 1.82) is 0 Å². The Morgan fingerprint density at radius 3 is 2.41 bits per heavy atom. The molecule has 17 heavy (non-hydrogen) atoms. The largest absolute Gasteiger partial charge is 0.269 e. The van der Waals surface area contributed by atoms with Crippen molar-refractivity contribution < 1.29 is 4.92 Å². The summed E-state index contributed by atoms with van der Waals surface area (Å²) in [6, 6.07) is 11.4. The van der Waals surface area contributed by atoms with Gasteiger partial charge in [-0.3, -0.25) is 10.1 Å². The molecule has 2 aromatic carbocycles. The van der Waals surface area contributed by atoms with Gasteiger partial charge in [0, 0.05) is 15.7 Å². The van der Waals surface area contributed by atoms with Gasteiger partial charge in [0.2, 0.25) is 0 Å². The van der Waals surface area contributed by atoms with Crippen LogP contribution in [0.1, 0.15) is 11.1 Å². The fourth-order valence-electron chi connectivity index (χ4n) is 2.28. The fraction of sp³-hybridized carbons (Fsp3) is 0.0769. The van der Waals surface area contributed by atoms with Crippen LogP contribution >= 0.6 is 22.6 Å². The van der Waals surface area contributed by atoms with Gasteiger partial charge < -0.3 is 0 Å². The number of fused-ring (bicyclic) bond motifs is 3. The molecule has 0 amide bonds. The van der Waals surface area contributed by atoms with Gasteiger partial charge in [-0.25, -0.2) is 0 Å². The van der Waals surface area contributed by atoms with Gasteiger partial charge in [-0.2, -0.15) is 0 Å². The van der Waals surface area contributed by atoms with E-state index in [0.717, 1.165) is 17.5 Å². The summed E-state index contributed by atoms with van der Waals surface area (Å²) in [5.74, 6) is 0. The van der Waals surface area contributed by atoms with Crippen molar-refractivity contribution in [2.75, 3.05) is 0 Å². The molecule has 0 aliphatic heterocycles. The van der Waals surface area contributed by atoms with Crippen LogP contribution in [-0.2, 0) is 6.42 Å². The quantitative estimate of drug-likeness (QED) is 0.385. The smallest absolute Gasteiger partial charge is 0.258 e. The molecule has 0 heterocycles. The number of hydrogen-bond acceptors (Lipinski definition) is 2. The van der Waals surface area contributed by atoms with Crippen LogP contribution in [-0.4, -0.2) is 4.92 Å². The number of hydrogen-bond donors (Lipinski definition) is 0. The molecule has 0 spiro atoms. The van der Waals surface area contributed by atoms with Crippen molar-refractivity contribution in [3.63, 3.8) is 0 Å². The van der Waals surface area contributed by atoms with E-state index in [-0.39, 0.29) is 10.6 Å². The highest BCUT2D eigenvalue weighted by Crippen LogP contribution is 2.38. The molecule has 0 saturated carbocycles. The Hall–Kier alpha value is -1.43. The molecular formula is C13H8INO2. The lowest BCUT2D eigenvalue weighted by atomic mass is 10.1. The van der Waals surface area contributed by atoms with Crippen LogP contribution in [0, 0.1) is 13.7 Å². The second-order valence-electron chi connectivity index (χ2n) is 4.08. The zero-order valence-electron chi connectivity index (χ0n) is 8.81. The number of benzene rings is 2. The number of rotatable bonds is 1. The Balaban J connectivity index is 2.15. The molecule has 84 valence electrons. The maximum atomic E-state index is 10.7. The normalized spacial score (nSPS) is 12.1. The number of nitro groups is 1. The summed E-state index contributed by atoms with van der Waals surface area (Å²) in [6.07, 6.45) is 0.795. The van der Waals surface area contributed by atoms with E-state index in [9.17, 15) is 10.1 Å². The molecule has 0 saturated heterocycles. The van der Waals surface area contributed by atoms with Crippen LogP contribution in [0.3, 0.4) is 0 Å². The van der Waals surface area contributed by atoms with Gasteiger partial charge in [0.05, 0.1) is 4.92 Å². The summed E-state index contributed by atoms with van der Waals surface area (Å²) >= 11 is 2.28.